The lowest BCUT2D eigenvalue weighted by molar-refractivity contribution is -0.137. The van der Waals surface area contributed by atoms with Gasteiger partial charge in [-0.2, -0.15) is 0 Å². The van der Waals surface area contributed by atoms with Gasteiger partial charge in [0.05, 0.1) is 12.3 Å². The van der Waals surface area contributed by atoms with Gasteiger partial charge >= 0.3 is 0 Å². The first kappa shape index (κ1) is 14.2. The molecule has 0 spiro atoms. The lowest BCUT2D eigenvalue weighted by Crippen LogP contribution is -2.60. The fourth-order valence-electron chi connectivity index (χ4n) is 2.95. The van der Waals surface area contributed by atoms with Crippen LogP contribution in [0.5, 0.6) is 5.75 Å². The maximum atomic E-state index is 12.5. The third kappa shape index (κ3) is 2.69. The maximum Gasteiger partial charge on any atom is 0.245 e. The van der Waals surface area contributed by atoms with Crippen molar-refractivity contribution < 1.29 is 14.6 Å². The molecule has 1 aromatic rings. The lowest BCUT2D eigenvalue weighted by Gasteiger charge is -2.39. The van der Waals surface area contributed by atoms with E-state index < -0.39 is 5.54 Å². The number of rotatable bonds is 2. The fraction of sp³-hybridized carbons (Fsp3) is 0.533. The summed E-state index contributed by atoms with van der Waals surface area (Å²) in [4.78, 5) is 16.4. The molecule has 6 nitrogen and oxygen atoms in total. The molecule has 2 heterocycles. The van der Waals surface area contributed by atoms with Gasteiger partial charge in [-0.1, -0.05) is 12.1 Å². The third-order valence-electron chi connectivity index (χ3n) is 4.27. The van der Waals surface area contributed by atoms with Crippen molar-refractivity contribution in [2.45, 2.75) is 12.0 Å². The largest absolute Gasteiger partial charge is 0.506 e. The van der Waals surface area contributed by atoms with Crippen molar-refractivity contribution in [2.75, 3.05) is 44.3 Å². The van der Waals surface area contributed by atoms with Crippen LogP contribution in [0.1, 0.15) is 6.42 Å². The minimum Gasteiger partial charge on any atom is -0.506 e. The molecule has 1 unspecified atom stereocenters. The Morgan fingerprint density at radius 3 is 2.57 bits per heavy atom. The number of nitrogens with zero attached hydrogens (tertiary/aromatic N) is 2. The molecule has 3 rings (SSSR count). The molecule has 1 amide bonds. The van der Waals surface area contributed by atoms with E-state index in [4.69, 9.17) is 10.5 Å². The van der Waals surface area contributed by atoms with E-state index in [0.29, 0.717) is 45.8 Å². The quantitative estimate of drug-likeness (QED) is 0.811. The molecule has 0 bridgehead atoms. The molecule has 2 aliphatic heterocycles. The van der Waals surface area contributed by atoms with Crippen molar-refractivity contribution in [3.8, 4) is 5.75 Å². The summed E-state index contributed by atoms with van der Waals surface area (Å²) >= 11 is 0. The Balaban J connectivity index is 1.63. The molecular weight excluding hydrogens is 270 g/mol. The Labute approximate surface area is 124 Å². The van der Waals surface area contributed by atoms with Gasteiger partial charge in [-0.25, -0.2) is 0 Å². The molecule has 0 radical (unpaired) electrons. The Morgan fingerprint density at radius 1 is 1.24 bits per heavy atom. The number of benzene rings is 1. The van der Waals surface area contributed by atoms with Crippen molar-refractivity contribution in [1.29, 1.82) is 0 Å². The van der Waals surface area contributed by atoms with Gasteiger partial charge in [0.15, 0.2) is 0 Å². The second-order valence-electron chi connectivity index (χ2n) is 5.73. The summed E-state index contributed by atoms with van der Waals surface area (Å²) in [5.74, 6) is 0.258. The van der Waals surface area contributed by atoms with Crippen LogP contribution in [0, 0.1) is 0 Å². The van der Waals surface area contributed by atoms with Gasteiger partial charge in [-0.05, 0) is 18.6 Å². The van der Waals surface area contributed by atoms with Crippen molar-refractivity contribution in [1.82, 2.24) is 4.90 Å². The SMILES string of the molecule is NC1(C(=O)N2CCN(c3ccccc3O)CC2)CCOC1. The minimum atomic E-state index is -0.850. The summed E-state index contributed by atoms with van der Waals surface area (Å²) in [5, 5.41) is 9.89. The number of phenolic OH excluding ortho intramolecular Hbond substituents is 1. The van der Waals surface area contributed by atoms with E-state index in [9.17, 15) is 9.90 Å². The van der Waals surface area contributed by atoms with Crippen LogP contribution in [0.2, 0.25) is 0 Å². The van der Waals surface area contributed by atoms with Crippen LogP contribution in [0.3, 0.4) is 0 Å². The van der Waals surface area contributed by atoms with Crippen LogP contribution in [-0.4, -0.2) is 60.8 Å². The fourth-order valence-corrected chi connectivity index (χ4v) is 2.95. The summed E-state index contributed by atoms with van der Waals surface area (Å²) < 4.78 is 5.26. The zero-order valence-electron chi connectivity index (χ0n) is 12.0. The number of ether oxygens (including phenoxy) is 1. The van der Waals surface area contributed by atoms with E-state index in [0.717, 1.165) is 5.69 Å². The first-order valence-corrected chi connectivity index (χ1v) is 7.29. The molecule has 2 saturated heterocycles. The van der Waals surface area contributed by atoms with Crippen molar-refractivity contribution in [2.24, 2.45) is 5.73 Å². The number of hydrogen-bond acceptors (Lipinski definition) is 5. The van der Waals surface area contributed by atoms with Gasteiger partial charge in [0.1, 0.15) is 11.3 Å². The third-order valence-corrected chi connectivity index (χ3v) is 4.27. The number of para-hydroxylation sites is 2. The molecule has 0 saturated carbocycles. The van der Waals surface area contributed by atoms with Crippen LogP contribution in [0.4, 0.5) is 5.69 Å². The molecule has 1 aromatic carbocycles. The average Bonchev–Trinajstić information content (AvgIpc) is 2.95. The highest BCUT2D eigenvalue weighted by molar-refractivity contribution is 5.87. The van der Waals surface area contributed by atoms with Gasteiger partial charge in [-0.15, -0.1) is 0 Å². The maximum absolute atomic E-state index is 12.5. The van der Waals surface area contributed by atoms with Gasteiger partial charge in [0.2, 0.25) is 5.91 Å². The second-order valence-corrected chi connectivity index (χ2v) is 5.73. The second kappa shape index (κ2) is 5.54. The zero-order chi connectivity index (χ0) is 14.9. The van der Waals surface area contributed by atoms with Crippen LogP contribution in [0.15, 0.2) is 24.3 Å². The number of phenols is 1. The Morgan fingerprint density at radius 2 is 1.95 bits per heavy atom. The Kier molecular flexibility index (Phi) is 3.73. The molecule has 21 heavy (non-hydrogen) atoms. The van der Waals surface area contributed by atoms with E-state index in [1.165, 1.54) is 0 Å². The zero-order valence-corrected chi connectivity index (χ0v) is 12.0. The topological polar surface area (TPSA) is 79.0 Å². The highest BCUT2D eigenvalue weighted by atomic mass is 16.5. The molecule has 6 heteroatoms. The minimum absolute atomic E-state index is 0.0167. The standard InChI is InChI=1S/C15H21N3O3/c16-15(5-10-21-11-15)14(20)18-8-6-17(7-9-18)12-3-1-2-4-13(12)19/h1-4,19H,5-11,16H2. The first-order chi connectivity index (χ1) is 10.1. The molecule has 2 aliphatic rings. The van der Waals surface area contributed by atoms with Gasteiger partial charge in [0.25, 0.3) is 0 Å². The van der Waals surface area contributed by atoms with E-state index >= 15 is 0 Å². The number of aromatic hydroxyl groups is 1. The van der Waals surface area contributed by atoms with Crippen LogP contribution < -0.4 is 10.6 Å². The molecule has 1 atom stereocenters. The predicted octanol–water partition coefficient (Wildman–Crippen LogP) is 0.159. The van der Waals surface area contributed by atoms with E-state index in [1.807, 2.05) is 17.0 Å². The van der Waals surface area contributed by atoms with E-state index in [2.05, 4.69) is 4.90 Å². The number of carbonyl (C=O) groups excluding carboxylic acids is 1. The highest BCUT2D eigenvalue weighted by Crippen LogP contribution is 2.28. The van der Waals surface area contributed by atoms with E-state index in [-0.39, 0.29) is 11.7 Å². The van der Waals surface area contributed by atoms with Crippen molar-refractivity contribution in [3.63, 3.8) is 0 Å². The molecule has 114 valence electrons. The number of nitrogens with two attached hydrogens (primary N) is 1. The predicted molar refractivity (Wildman–Crippen MR) is 79.3 cm³/mol. The molecular formula is C15H21N3O3. The summed E-state index contributed by atoms with van der Waals surface area (Å²) in [5.41, 5.74) is 6.10. The summed E-state index contributed by atoms with van der Waals surface area (Å²) in [6.45, 7) is 3.49. The van der Waals surface area contributed by atoms with E-state index in [1.54, 1.807) is 12.1 Å². The molecule has 0 aliphatic carbocycles. The van der Waals surface area contributed by atoms with Crippen LogP contribution in [-0.2, 0) is 9.53 Å². The monoisotopic (exact) mass is 291 g/mol. The number of hydrogen-bond donors (Lipinski definition) is 2. The van der Waals surface area contributed by atoms with Gasteiger partial charge in [0, 0.05) is 32.8 Å². The smallest absolute Gasteiger partial charge is 0.245 e. The van der Waals surface area contributed by atoms with Crippen molar-refractivity contribution in [3.05, 3.63) is 24.3 Å². The molecule has 2 fully saturated rings. The average molecular weight is 291 g/mol. The number of carbonyl (C=O) groups is 1. The lowest BCUT2D eigenvalue weighted by atomic mass is 9.98. The van der Waals surface area contributed by atoms with Crippen LogP contribution >= 0.6 is 0 Å². The van der Waals surface area contributed by atoms with Crippen LogP contribution in [0.25, 0.3) is 0 Å². The van der Waals surface area contributed by atoms with Crippen molar-refractivity contribution >= 4 is 11.6 Å². The highest BCUT2D eigenvalue weighted by Gasteiger charge is 2.41. The van der Waals surface area contributed by atoms with Gasteiger partial charge < -0.3 is 25.4 Å². The normalized spacial score (nSPS) is 26.1. The van der Waals surface area contributed by atoms with Gasteiger partial charge in [-0.3, -0.25) is 4.79 Å². The Hall–Kier alpha value is -1.79. The molecule has 0 aromatic heterocycles. The first-order valence-electron chi connectivity index (χ1n) is 7.29. The summed E-state index contributed by atoms with van der Waals surface area (Å²) in [6, 6.07) is 7.27. The summed E-state index contributed by atoms with van der Waals surface area (Å²) in [7, 11) is 0. The molecule has 3 N–H and O–H groups in total. The summed E-state index contributed by atoms with van der Waals surface area (Å²) in [6.07, 6.45) is 0.589. The number of piperazine rings is 1. The Bertz CT molecular complexity index is 521. The number of anilines is 1. The number of amides is 1.